The highest BCUT2D eigenvalue weighted by Gasteiger charge is 2.18. The number of nitrogens with zero attached hydrogens (tertiary/aromatic N) is 2. The van der Waals surface area contributed by atoms with Crippen LogP contribution in [0.4, 0.5) is 0 Å². The molecule has 0 saturated heterocycles. The molecule has 1 N–H and O–H groups in total. The molecular formula is C10H16BrN3. The summed E-state index contributed by atoms with van der Waals surface area (Å²) in [4.78, 5) is 0. The van der Waals surface area contributed by atoms with Crippen molar-refractivity contribution in [1.82, 2.24) is 15.1 Å². The van der Waals surface area contributed by atoms with E-state index >= 15 is 0 Å². The monoisotopic (exact) mass is 257 g/mol. The zero-order chi connectivity index (χ0) is 10.1. The van der Waals surface area contributed by atoms with E-state index in [1.807, 2.05) is 0 Å². The van der Waals surface area contributed by atoms with Crippen molar-refractivity contribution in [3.63, 3.8) is 0 Å². The molecule has 78 valence electrons. The predicted molar refractivity (Wildman–Crippen MR) is 60.3 cm³/mol. The number of hydrogen-bond donors (Lipinski definition) is 1. The summed E-state index contributed by atoms with van der Waals surface area (Å²) in [5, 5.41) is 8.05. The number of hydrogen-bond acceptors (Lipinski definition) is 2. The van der Waals surface area contributed by atoms with Crippen LogP contribution in [0.3, 0.4) is 0 Å². The van der Waals surface area contributed by atoms with Gasteiger partial charge in [0.2, 0.25) is 0 Å². The first-order valence-electron chi connectivity index (χ1n) is 5.16. The molecule has 0 radical (unpaired) electrons. The molecule has 0 atom stereocenters. The highest BCUT2D eigenvalue weighted by molar-refractivity contribution is 9.10. The SMILES string of the molecule is CC(C)c1nn2c(c1Br)CNCCC2. The second-order valence-electron chi connectivity index (χ2n) is 4.05. The van der Waals surface area contributed by atoms with E-state index in [1.165, 1.54) is 22.3 Å². The fourth-order valence-electron chi connectivity index (χ4n) is 1.78. The van der Waals surface area contributed by atoms with Crippen molar-refractivity contribution in [2.24, 2.45) is 0 Å². The summed E-state index contributed by atoms with van der Waals surface area (Å²) in [5.41, 5.74) is 2.48. The van der Waals surface area contributed by atoms with Crippen molar-refractivity contribution < 1.29 is 0 Å². The molecule has 1 aromatic rings. The second-order valence-corrected chi connectivity index (χ2v) is 4.85. The second kappa shape index (κ2) is 4.03. The van der Waals surface area contributed by atoms with Crippen LogP contribution in [-0.4, -0.2) is 16.3 Å². The van der Waals surface area contributed by atoms with Gasteiger partial charge in [0.1, 0.15) is 0 Å². The number of fused-ring (bicyclic) bond motifs is 1. The third-order valence-corrected chi connectivity index (χ3v) is 3.44. The third kappa shape index (κ3) is 1.73. The number of rotatable bonds is 1. The summed E-state index contributed by atoms with van der Waals surface area (Å²) in [7, 11) is 0. The van der Waals surface area contributed by atoms with Crippen LogP contribution in [0.25, 0.3) is 0 Å². The summed E-state index contributed by atoms with van der Waals surface area (Å²) < 4.78 is 3.33. The lowest BCUT2D eigenvalue weighted by Gasteiger charge is -2.01. The minimum absolute atomic E-state index is 0.490. The van der Waals surface area contributed by atoms with Gasteiger partial charge in [-0.15, -0.1) is 0 Å². The molecule has 0 saturated carbocycles. The van der Waals surface area contributed by atoms with Crippen LogP contribution < -0.4 is 5.32 Å². The Hall–Kier alpha value is -0.350. The maximum atomic E-state index is 4.64. The molecule has 14 heavy (non-hydrogen) atoms. The third-order valence-electron chi connectivity index (χ3n) is 2.58. The highest BCUT2D eigenvalue weighted by Crippen LogP contribution is 2.28. The lowest BCUT2D eigenvalue weighted by atomic mass is 10.1. The average molecular weight is 258 g/mol. The van der Waals surface area contributed by atoms with E-state index in [9.17, 15) is 0 Å². The molecule has 1 aliphatic rings. The largest absolute Gasteiger partial charge is 0.311 e. The van der Waals surface area contributed by atoms with Gasteiger partial charge in [-0.3, -0.25) is 4.68 Å². The van der Waals surface area contributed by atoms with Crippen LogP contribution in [0, 0.1) is 0 Å². The molecule has 0 aromatic carbocycles. The zero-order valence-electron chi connectivity index (χ0n) is 8.68. The standard InChI is InChI=1S/C10H16BrN3/c1-7(2)10-9(11)8-6-12-4-3-5-14(8)13-10/h7,12H,3-6H2,1-2H3. The highest BCUT2D eigenvalue weighted by atomic mass is 79.9. The van der Waals surface area contributed by atoms with E-state index in [4.69, 9.17) is 0 Å². The first kappa shape index (κ1) is 10.2. The van der Waals surface area contributed by atoms with Gasteiger partial charge in [0.25, 0.3) is 0 Å². The number of aromatic nitrogens is 2. The fourth-order valence-corrected chi connectivity index (χ4v) is 2.66. The van der Waals surface area contributed by atoms with Crippen molar-refractivity contribution in [2.75, 3.05) is 6.54 Å². The van der Waals surface area contributed by atoms with Crippen molar-refractivity contribution in [2.45, 2.75) is 39.3 Å². The zero-order valence-corrected chi connectivity index (χ0v) is 10.3. The van der Waals surface area contributed by atoms with Gasteiger partial charge < -0.3 is 5.32 Å². The summed E-state index contributed by atoms with van der Waals surface area (Å²) in [6, 6.07) is 0. The number of nitrogens with one attached hydrogen (secondary N) is 1. The van der Waals surface area contributed by atoms with E-state index < -0.39 is 0 Å². The Kier molecular flexibility index (Phi) is 2.93. The maximum Gasteiger partial charge on any atom is 0.0795 e. The van der Waals surface area contributed by atoms with E-state index in [0.29, 0.717) is 5.92 Å². The average Bonchev–Trinajstić information content (AvgIpc) is 2.37. The van der Waals surface area contributed by atoms with Gasteiger partial charge in [-0.2, -0.15) is 5.10 Å². The predicted octanol–water partition coefficient (Wildman–Crippen LogP) is 2.26. The normalized spacial score (nSPS) is 16.9. The molecule has 1 aromatic heterocycles. The first-order valence-corrected chi connectivity index (χ1v) is 5.95. The van der Waals surface area contributed by atoms with Crippen LogP contribution in [0.2, 0.25) is 0 Å². The minimum Gasteiger partial charge on any atom is -0.311 e. The molecular weight excluding hydrogens is 242 g/mol. The molecule has 0 bridgehead atoms. The van der Waals surface area contributed by atoms with Crippen LogP contribution in [0.15, 0.2) is 4.47 Å². The molecule has 1 aliphatic heterocycles. The summed E-state index contributed by atoms with van der Waals surface area (Å²) in [6.07, 6.45) is 1.17. The molecule has 0 spiro atoms. The molecule has 2 rings (SSSR count). The lowest BCUT2D eigenvalue weighted by Crippen LogP contribution is -2.12. The van der Waals surface area contributed by atoms with Gasteiger partial charge in [-0.1, -0.05) is 13.8 Å². The maximum absolute atomic E-state index is 4.64. The summed E-state index contributed by atoms with van der Waals surface area (Å²) >= 11 is 3.65. The van der Waals surface area contributed by atoms with Gasteiger partial charge >= 0.3 is 0 Å². The quantitative estimate of drug-likeness (QED) is 0.837. The van der Waals surface area contributed by atoms with E-state index in [1.54, 1.807) is 0 Å². The molecule has 0 amide bonds. The topological polar surface area (TPSA) is 29.9 Å². The Labute approximate surface area is 93.0 Å². The molecule has 0 fully saturated rings. The molecule has 0 aliphatic carbocycles. The van der Waals surface area contributed by atoms with Crippen LogP contribution >= 0.6 is 15.9 Å². The van der Waals surface area contributed by atoms with Crippen molar-refractivity contribution in [3.05, 3.63) is 15.9 Å². The Morgan fingerprint density at radius 3 is 3.00 bits per heavy atom. The van der Waals surface area contributed by atoms with Crippen molar-refractivity contribution >= 4 is 15.9 Å². The lowest BCUT2D eigenvalue weighted by molar-refractivity contribution is 0.575. The van der Waals surface area contributed by atoms with Crippen molar-refractivity contribution in [1.29, 1.82) is 0 Å². The van der Waals surface area contributed by atoms with Crippen LogP contribution in [0.1, 0.15) is 37.6 Å². The molecule has 0 unspecified atom stereocenters. The fraction of sp³-hybridized carbons (Fsp3) is 0.700. The number of aryl methyl sites for hydroxylation is 1. The molecule has 2 heterocycles. The molecule has 4 heteroatoms. The van der Waals surface area contributed by atoms with Crippen molar-refractivity contribution in [3.8, 4) is 0 Å². The summed E-state index contributed by atoms with van der Waals surface area (Å²) in [5.74, 6) is 0.490. The van der Waals surface area contributed by atoms with E-state index in [2.05, 4.69) is 44.9 Å². The van der Waals surface area contributed by atoms with Gasteiger partial charge in [0, 0.05) is 13.1 Å². The Morgan fingerprint density at radius 2 is 2.29 bits per heavy atom. The molecule has 3 nitrogen and oxygen atoms in total. The smallest absolute Gasteiger partial charge is 0.0795 e. The van der Waals surface area contributed by atoms with Gasteiger partial charge in [0.05, 0.1) is 15.9 Å². The Bertz CT molecular complexity index is 330. The van der Waals surface area contributed by atoms with Gasteiger partial charge in [0.15, 0.2) is 0 Å². The Morgan fingerprint density at radius 1 is 1.50 bits per heavy atom. The van der Waals surface area contributed by atoms with Gasteiger partial charge in [-0.05, 0) is 34.8 Å². The first-order chi connectivity index (χ1) is 6.70. The Balaban J connectivity index is 2.40. The van der Waals surface area contributed by atoms with Gasteiger partial charge in [-0.25, -0.2) is 0 Å². The summed E-state index contributed by atoms with van der Waals surface area (Å²) in [6.45, 7) is 7.42. The minimum atomic E-state index is 0.490. The van der Waals surface area contributed by atoms with Crippen LogP contribution in [-0.2, 0) is 13.1 Å². The number of halogens is 1. The van der Waals surface area contributed by atoms with E-state index in [0.717, 1.165) is 19.6 Å². The van der Waals surface area contributed by atoms with E-state index in [-0.39, 0.29) is 0 Å². The van der Waals surface area contributed by atoms with Crippen LogP contribution in [0.5, 0.6) is 0 Å².